The molecule has 0 aromatic heterocycles. The summed E-state index contributed by atoms with van der Waals surface area (Å²) in [5.41, 5.74) is -2.79. The highest BCUT2D eigenvalue weighted by Gasteiger charge is 2.36. The van der Waals surface area contributed by atoms with E-state index in [1.165, 1.54) is 19.2 Å². The van der Waals surface area contributed by atoms with Crippen molar-refractivity contribution in [1.29, 1.82) is 0 Å². The van der Waals surface area contributed by atoms with E-state index in [1.54, 1.807) is 12.1 Å². The number of alkyl halides is 6. The first-order chi connectivity index (χ1) is 12.5. The van der Waals surface area contributed by atoms with Crippen LogP contribution in [0.25, 0.3) is 0 Å². The summed E-state index contributed by atoms with van der Waals surface area (Å²) >= 11 is 0. The Morgan fingerprint density at radius 3 is 2.00 bits per heavy atom. The monoisotopic (exact) mass is 389 g/mol. The number of halogens is 6. The normalized spacial score (nSPS) is 12.9. The molecule has 0 amide bonds. The summed E-state index contributed by atoms with van der Waals surface area (Å²) in [5, 5.41) is 12.0. The van der Waals surface area contributed by atoms with Crippen molar-refractivity contribution in [3.05, 3.63) is 64.7 Å². The molecule has 9 heteroatoms. The standard InChI is InChI=1S/C18H13F6NO2/c1-27-16(26)25-15-5-3-2-4-12(15)7-6-11-8-13(17(19,20)21)10-14(9-11)18(22,23)24/h2-5,8-10,16,25-26H,1H3. The lowest BCUT2D eigenvalue weighted by atomic mass is 10.0. The molecule has 0 bridgehead atoms. The van der Waals surface area contributed by atoms with Crippen molar-refractivity contribution in [1.82, 2.24) is 0 Å². The maximum absolute atomic E-state index is 12.9. The minimum absolute atomic E-state index is 0.0373. The van der Waals surface area contributed by atoms with E-state index in [-0.39, 0.29) is 11.6 Å². The van der Waals surface area contributed by atoms with Crippen LogP contribution in [-0.2, 0) is 17.1 Å². The lowest BCUT2D eigenvalue weighted by molar-refractivity contribution is -0.143. The van der Waals surface area contributed by atoms with Gasteiger partial charge in [-0.2, -0.15) is 26.3 Å². The Bertz CT molecular complexity index is 832. The number of methoxy groups -OCH3 is 1. The first kappa shape index (κ1) is 20.6. The van der Waals surface area contributed by atoms with Crippen LogP contribution in [0, 0.1) is 11.8 Å². The van der Waals surface area contributed by atoms with Gasteiger partial charge in [0.1, 0.15) is 0 Å². The molecule has 2 N–H and O–H groups in total. The molecule has 1 atom stereocenters. The summed E-state index contributed by atoms with van der Waals surface area (Å²) in [5.74, 6) is 4.81. The summed E-state index contributed by atoms with van der Waals surface area (Å²) < 4.78 is 81.9. The average Bonchev–Trinajstić information content (AvgIpc) is 2.59. The predicted octanol–water partition coefficient (Wildman–Crippen LogP) is 4.46. The number of para-hydroxylation sites is 1. The quantitative estimate of drug-likeness (QED) is 0.463. The Hall–Kier alpha value is -2.70. The summed E-state index contributed by atoms with van der Waals surface area (Å²) in [6.07, 6.45) is -11.3. The third-order valence-corrected chi connectivity index (χ3v) is 3.36. The lowest BCUT2D eigenvalue weighted by Gasteiger charge is -2.13. The zero-order valence-corrected chi connectivity index (χ0v) is 13.7. The largest absolute Gasteiger partial charge is 0.416 e. The molecule has 1 unspecified atom stereocenters. The van der Waals surface area contributed by atoms with Crippen LogP contribution in [-0.4, -0.2) is 18.6 Å². The summed E-state index contributed by atoms with van der Waals surface area (Å²) in [7, 11) is 1.23. The molecule has 0 spiro atoms. The smallest absolute Gasteiger partial charge is 0.351 e. The van der Waals surface area contributed by atoms with Gasteiger partial charge in [-0.3, -0.25) is 0 Å². The van der Waals surface area contributed by atoms with E-state index in [2.05, 4.69) is 21.9 Å². The van der Waals surface area contributed by atoms with Crippen molar-refractivity contribution >= 4 is 5.69 Å². The predicted molar refractivity (Wildman–Crippen MR) is 85.5 cm³/mol. The molecule has 2 rings (SSSR count). The van der Waals surface area contributed by atoms with Crippen LogP contribution in [0.4, 0.5) is 32.0 Å². The van der Waals surface area contributed by atoms with E-state index in [0.717, 1.165) is 0 Å². The van der Waals surface area contributed by atoms with Crippen molar-refractivity contribution < 1.29 is 36.2 Å². The fourth-order valence-corrected chi connectivity index (χ4v) is 2.08. The Morgan fingerprint density at radius 2 is 1.48 bits per heavy atom. The molecule has 0 radical (unpaired) electrons. The van der Waals surface area contributed by atoms with Gasteiger partial charge in [-0.15, -0.1) is 0 Å². The number of aliphatic hydroxyl groups is 1. The molecule has 0 saturated heterocycles. The van der Waals surface area contributed by atoms with Gasteiger partial charge in [0.05, 0.1) is 16.8 Å². The molecule has 2 aromatic carbocycles. The van der Waals surface area contributed by atoms with E-state index in [4.69, 9.17) is 0 Å². The number of hydrogen-bond acceptors (Lipinski definition) is 3. The van der Waals surface area contributed by atoms with Crippen molar-refractivity contribution in [3.8, 4) is 11.8 Å². The van der Waals surface area contributed by atoms with Gasteiger partial charge in [-0.1, -0.05) is 24.0 Å². The highest BCUT2D eigenvalue weighted by atomic mass is 19.4. The van der Waals surface area contributed by atoms with Crippen molar-refractivity contribution in [2.45, 2.75) is 18.8 Å². The maximum Gasteiger partial charge on any atom is 0.416 e. The van der Waals surface area contributed by atoms with Crippen LogP contribution in [0.3, 0.4) is 0 Å². The molecule has 0 aliphatic carbocycles. The van der Waals surface area contributed by atoms with Crippen LogP contribution in [0.15, 0.2) is 42.5 Å². The van der Waals surface area contributed by atoms with Crippen molar-refractivity contribution in [2.75, 3.05) is 12.4 Å². The van der Waals surface area contributed by atoms with Gasteiger partial charge < -0.3 is 15.2 Å². The SMILES string of the molecule is COC(O)Nc1ccccc1C#Cc1cc(C(F)(F)F)cc(C(F)(F)F)c1. The number of ether oxygens (including phenoxy) is 1. The zero-order valence-electron chi connectivity index (χ0n) is 13.7. The van der Waals surface area contributed by atoms with E-state index in [1.807, 2.05) is 0 Å². The minimum atomic E-state index is -4.94. The van der Waals surface area contributed by atoms with Gasteiger partial charge in [-0.05, 0) is 30.3 Å². The highest BCUT2D eigenvalue weighted by Crippen LogP contribution is 2.36. The number of hydrogen-bond donors (Lipinski definition) is 2. The Morgan fingerprint density at radius 1 is 0.926 bits per heavy atom. The molecular weight excluding hydrogens is 376 g/mol. The molecule has 0 aliphatic rings. The number of benzene rings is 2. The van der Waals surface area contributed by atoms with E-state index in [0.29, 0.717) is 17.8 Å². The van der Waals surface area contributed by atoms with Gasteiger partial charge in [0.25, 0.3) is 0 Å². The summed E-state index contributed by atoms with van der Waals surface area (Å²) in [6.45, 7) is 0. The molecule has 0 saturated carbocycles. The van der Waals surface area contributed by atoms with E-state index < -0.39 is 35.5 Å². The van der Waals surface area contributed by atoms with Crippen LogP contribution >= 0.6 is 0 Å². The number of aliphatic hydroxyl groups excluding tert-OH is 1. The molecule has 0 aliphatic heterocycles. The lowest BCUT2D eigenvalue weighted by Crippen LogP contribution is -2.20. The van der Waals surface area contributed by atoms with Gasteiger partial charge in [0, 0.05) is 18.2 Å². The second kappa shape index (κ2) is 7.90. The molecule has 2 aromatic rings. The average molecular weight is 389 g/mol. The fraction of sp³-hybridized carbons (Fsp3) is 0.222. The van der Waals surface area contributed by atoms with Crippen molar-refractivity contribution in [2.24, 2.45) is 0 Å². The molecule has 0 fully saturated rings. The first-order valence-corrected chi connectivity index (χ1v) is 7.38. The molecular formula is C18H13F6NO2. The topological polar surface area (TPSA) is 41.5 Å². The second-order valence-electron chi connectivity index (χ2n) is 5.32. The first-order valence-electron chi connectivity index (χ1n) is 7.38. The number of rotatable bonds is 3. The zero-order chi connectivity index (χ0) is 20.2. The number of nitrogens with one attached hydrogen (secondary N) is 1. The maximum atomic E-state index is 12.9. The van der Waals surface area contributed by atoms with Crippen LogP contribution in [0.5, 0.6) is 0 Å². The Labute approximate surface area is 150 Å². The summed E-state index contributed by atoms with van der Waals surface area (Å²) in [4.78, 5) is 0. The van der Waals surface area contributed by atoms with Crippen LogP contribution < -0.4 is 5.32 Å². The highest BCUT2D eigenvalue weighted by molar-refractivity contribution is 5.60. The van der Waals surface area contributed by atoms with E-state index >= 15 is 0 Å². The Kier molecular flexibility index (Phi) is 6.03. The third kappa shape index (κ3) is 5.64. The van der Waals surface area contributed by atoms with E-state index in [9.17, 15) is 31.4 Å². The molecule has 3 nitrogen and oxygen atoms in total. The summed E-state index contributed by atoms with van der Waals surface area (Å²) in [6, 6.07) is 7.29. The molecule has 27 heavy (non-hydrogen) atoms. The van der Waals surface area contributed by atoms with Crippen molar-refractivity contribution in [3.63, 3.8) is 0 Å². The second-order valence-corrected chi connectivity index (χ2v) is 5.32. The molecule has 0 heterocycles. The van der Waals surface area contributed by atoms with Crippen LogP contribution in [0.1, 0.15) is 22.3 Å². The Balaban J connectivity index is 2.48. The van der Waals surface area contributed by atoms with Gasteiger partial charge in [-0.25, -0.2) is 0 Å². The van der Waals surface area contributed by atoms with Gasteiger partial charge in [0.2, 0.25) is 6.41 Å². The van der Waals surface area contributed by atoms with Crippen LogP contribution in [0.2, 0.25) is 0 Å². The number of anilines is 1. The fourth-order valence-electron chi connectivity index (χ4n) is 2.08. The molecule has 144 valence electrons. The van der Waals surface area contributed by atoms with Gasteiger partial charge in [0.15, 0.2) is 0 Å². The minimum Gasteiger partial charge on any atom is -0.351 e. The third-order valence-electron chi connectivity index (χ3n) is 3.36. The van der Waals surface area contributed by atoms with Gasteiger partial charge >= 0.3 is 12.4 Å².